The van der Waals surface area contributed by atoms with Gasteiger partial charge < -0.3 is 10.5 Å². The van der Waals surface area contributed by atoms with E-state index in [9.17, 15) is 0 Å². The first-order chi connectivity index (χ1) is 8.27. The molecule has 1 aromatic carbocycles. The first kappa shape index (κ1) is 11.0. The molecule has 1 saturated heterocycles. The lowest BCUT2D eigenvalue weighted by Gasteiger charge is -2.23. The predicted octanol–water partition coefficient (Wildman–Crippen LogP) is 3.08. The number of hydrogen-bond acceptors (Lipinski definition) is 3. The number of benzene rings is 1. The highest BCUT2D eigenvalue weighted by Gasteiger charge is 2.19. The number of nitrogens with zero attached hydrogens (tertiary/aromatic N) is 2. The number of nitrogens with two attached hydrogens (primary N) is 1. The van der Waals surface area contributed by atoms with Crippen molar-refractivity contribution in [2.75, 3.05) is 12.3 Å². The highest BCUT2D eigenvalue weighted by molar-refractivity contribution is 9.10. The van der Waals surface area contributed by atoms with E-state index >= 15 is 0 Å². The first-order valence-corrected chi connectivity index (χ1v) is 6.59. The Hall–Kier alpha value is -1.07. The summed E-state index contributed by atoms with van der Waals surface area (Å²) < 4.78 is 8.60. The van der Waals surface area contributed by atoms with Crippen LogP contribution in [0, 0.1) is 0 Å². The van der Waals surface area contributed by atoms with E-state index in [-0.39, 0.29) is 6.23 Å². The second-order valence-corrected chi connectivity index (χ2v) is 5.16. The molecular formula is C12H14BrN3O. The van der Waals surface area contributed by atoms with E-state index in [0.29, 0.717) is 0 Å². The second-order valence-electron chi connectivity index (χ2n) is 4.30. The third-order valence-corrected chi connectivity index (χ3v) is 3.89. The smallest absolute Gasteiger partial charge is 0.150 e. The van der Waals surface area contributed by atoms with Crippen molar-refractivity contribution in [3.63, 3.8) is 0 Å². The van der Waals surface area contributed by atoms with Gasteiger partial charge >= 0.3 is 0 Å². The number of anilines is 1. The number of hydrogen-bond donors (Lipinski definition) is 1. The molecule has 1 aromatic heterocycles. The van der Waals surface area contributed by atoms with E-state index in [2.05, 4.69) is 21.0 Å². The Labute approximate surface area is 108 Å². The minimum atomic E-state index is 0.0572. The molecule has 4 nitrogen and oxygen atoms in total. The van der Waals surface area contributed by atoms with Crippen molar-refractivity contribution < 1.29 is 4.74 Å². The van der Waals surface area contributed by atoms with Crippen LogP contribution in [-0.2, 0) is 4.74 Å². The van der Waals surface area contributed by atoms with Crippen molar-refractivity contribution >= 4 is 32.5 Å². The molecule has 17 heavy (non-hydrogen) atoms. The third kappa shape index (κ3) is 1.83. The van der Waals surface area contributed by atoms with E-state index in [0.717, 1.165) is 40.5 Å². The lowest BCUT2D eigenvalue weighted by atomic mass is 10.2. The van der Waals surface area contributed by atoms with E-state index in [1.807, 2.05) is 23.0 Å². The number of ether oxygens (including phenoxy) is 1. The third-order valence-electron chi connectivity index (χ3n) is 3.20. The number of fused-ring (bicyclic) bond motifs is 1. The van der Waals surface area contributed by atoms with Crippen molar-refractivity contribution in [1.82, 2.24) is 9.78 Å². The van der Waals surface area contributed by atoms with Gasteiger partial charge in [-0.25, -0.2) is 4.68 Å². The second kappa shape index (κ2) is 4.31. The van der Waals surface area contributed by atoms with Crippen LogP contribution < -0.4 is 5.73 Å². The van der Waals surface area contributed by atoms with E-state index in [4.69, 9.17) is 10.5 Å². The van der Waals surface area contributed by atoms with Gasteiger partial charge in [0.1, 0.15) is 0 Å². The zero-order valence-electron chi connectivity index (χ0n) is 9.40. The van der Waals surface area contributed by atoms with Gasteiger partial charge in [0.25, 0.3) is 0 Å². The molecule has 2 aromatic rings. The summed E-state index contributed by atoms with van der Waals surface area (Å²) in [4.78, 5) is 0. The maximum Gasteiger partial charge on any atom is 0.150 e. The van der Waals surface area contributed by atoms with Gasteiger partial charge in [0.2, 0.25) is 0 Å². The molecule has 1 atom stereocenters. The van der Waals surface area contributed by atoms with Gasteiger partial charge in [-0.15, -0.1) is 0 Å². The van der Waals surface area contributed by atoms with Gasteiger partial charge in [0, 0.05) is 16.5 Å². The van der Waals surface area contributed by atoms with Crippen LogP contribution in [0.2, 0.25) is 0 Å². The Balaban J connectivity index is 2.08. The summed E-state index contributed by atoms with van der Waals surface area (Å²) in [6, 6.07) is 3.99. The van der Waals surface area contributed by atoms with E-state index < -0.39 is 0 Å². The number of nitrogen functional groups attached to an aromatic ring is 1. The lowest BCUT2D eigenvalue weighted by molar-refractivity contribution is -0.0366. The van der Waals surface area contributed by atoms with Gasteiger partial charge in [0.15, 0.2) is 6.23 Å². The van der Waals surface area contributed by atoms with Crippen LogP contribution in [0.25, 0.3) is 10.9 Å². The zero-order chi connectivity index (χ0) is 11.8. The molecule has 0 saturated carbocycles. The van der Waals surface area contributed by atoms with Gasteiger partial charge in [0.05, 0.1) is 17.4 Å². The molecule has 2 heterocycles. The molecule has 2 N–H and O–H groups in total. The summed E-state index contributed by atoms with van der Waals surface area (Å²) in [5, 5.41) is 5.39. The fourth-order valence-electron chi connectivity index (χ4n) is 2.26. The van der Waals surface area contributed by atoms with Gasteiger partial charge in [-0.2, -0.15) is 5.10 Å². The van der Waals surface area contributed by atoms with Gasteiger partial charge in [-0.3, -0.25) is 0 Å². The monoisotopic (exact) mass is 295 g/mol. The maximum atomic E-state index is 6.02. The topological polar surface area (TPSA) is 53.1 Å². The summed E-state index contributed by atoms with van der Waals surface area (Å²) in [7, 11) is 0. The summed E-state index contributed by atoms with van der Waals surface area (Å²) in [6.07, 6.45) is 5.23. The Bertz CT molecular complexity index is 546. The quantitative estimate of drug-likeness (QED) is 0.823. The average Bonchev–Trinajstić information content (AvgIpc) is 2.79. The molecule has 0 aliphatic carbocycles. The number of aromatic nitrogens is 2. The molecule has 3 rings (SSSR count). The van der Waals surface area contributed by atoms with E-state index in [1.54, 1.807) is 0 Å². The fraction of sp³-hybridized carbons (Fsp3) is 0.417. The normalized spacial score (nSPS) is 20.9. The minimum Gasteiger partial charge on any atom is -0.397 e. The molecule has 1 aliphatic heterocycles. The Morgan fingerprint density at radius 3 is 3.06 bits per heavy atom. The highest BCUT2D eigenvalue weighted by Crippen LogP contribution is 2.32. The molecule has 0 spiro atoms. The summed E-state index contributed by atoms with van der Waals surface area (Å²) >= 11 is 3.43. The Morgan fingerprint density at radius 1 is 1.41 bits per heavy atom. The van der Waals surface area contributed by atoms with Crippen molar-refractivity contribution in [2.24, 2.45) is 0 Å². The predicted molar refractivity (Wildman–Crippen MR) is 70.7 cm³/mol. The van der Waals surface area contributed by atoms with Crippen molar-refractivity contribution in [2.45, 2.75) is 25.5 Å². The average molecular weight is 296 g/mol. The zero-order valence-corrected chi connectivity index (χ0v) is 11.0. The van der Waals surface area contributed by atoms with Gasteiger partial charge in [-0.05, 0) is 47.3 Å². The van der Waals surface area contributed by atoms with E-state index in [1.165, 1.54) is 6.42 Å². The number of rotatable bonds is 1. The summed E-state index contributed by atoms with van der Waals surface area (Å²) in [6.45, 7) is 0.817. The molecule has 0 radical (unpaired) electrons. The molecular weight excluding hydrogens is 282 g/mol. The van der Waals surface area contributed by atoms with Crippen LogP contribution in [0.15, 0.2) is 22.8 Å². The SMILES string of the molecule is Nc1c(Br)ccc2c1cnn2C1CCCCO1. The lowest BCUT2D eigenvalue weighted by Crippen LogP contribution is -2.18. The molecule has 0 bridgehead atoms. The largest absolute Gasteiger partial charge is 0.397 e. The highest BCUT2D eigenvalue weighted by atomic mass is 79.9. The Morgan fingerprint density at radius 2 is 2.29 bits per heavy atom. The molecule has 5 heteroatoms. The van der Waals surface area contributed by atoms with Crippen molar-refractivity contribution in [3.05, 3.63) is 22.8 Å². The molecule has 1 aliphatic rings. The fourth-order valence-corrected chi connectivity index (χ4v) is 2.61. The first-order valence-electron chi connectivity index (χ1n) is 5.80. The standard InChI is InChI=1S/C12H14BrN3O/c13-9-4-5-10-8(12(9)14)7-15-16(10)11-3-1-2-6-17-11/h4-5,7,11H,1-3,6,14H2. The van der Waals surface area contributed by atoms with Gasteiger partial charge in [-0.1, -0.05) is 0 Å². The van der Waals surface area contributed by atoms with Crippen LogP contribution in [0.4, 0.5) is 5.69 Å². The molecule has 1 fully saturated rings. The van der Waals surface area contributed by atoms with Crippen LogP contribution in [-0.4, -0.2) is 16.4 Å². The number of halogens is 1. The van der Waals surface area contributed by atoms with Crippen molar-refractivity contribution in [1.29, 1.82) is 0 Å². The van der Waals surface area contributed by atoms with Crippen LogP contribution in [0.5, 0.6) is 0 Å². The molecule has 90 valence electrons. The minimum absolute atomic E-state index is 0.0572. The van der Waals surface area contributed by atoms with Crippen LogP contribution >= 0.6 is 15.9 Å². The van der Waals surface area contributed by atoms with Crippen molar-refractivity contribution in [3.8, 4) is 0 Å². The van der Waals surface area contributed by atoms with Crippen LogP contribution in [0.1, 0.15) is 25.5 Å². The molecule has 1 unspecified atom stereocenters. The summed E-state index contributed by atoms with van der Waals surface area (Å²) in [5.41, 5.74) is 7.80. The maximum absolute atomic E-state index is 6.02. The Kier molecular flexibility index (Phi) is 2.80. The molecule has 0 amide bonds. The van der Waals surface area contributed by atoms with Crippen LogP contribution in [0.3, 0.4) is 0 Å². The summed E-state index contributed by atoms with van der Waals surface area (Å²) in [5.74, 6) is 0.